The van der Waals surface area contributed by atoms with E-state index in [0.29, 0.717) is 30.8 Å². The van der Waals surface area contributed by atoms with Crippen LogP contribution in [0.3, 0.4) is 0 Å². The van der Waals surface area contributed by atoms with Crippen LogP contribution >= 0.6 is 0 Å². The van der Waals surface area contributed by atoms with E-state index in [9.17, 15) is 28.8 Å². The SMILES string of the molecule is CC(C)(C)OC(=O)NCCCN(CCCNC(=O)OC(C)(C)C)C(=O)CCCC(=O)N(CC(=O)O)CC(=O)O. The number of rotatable bonds is 16. The topological polar surface area (TPSA) is 192 Å². The predicted molar refractivity (Wildman–Crippen MR) is 140 cm³/mol. The van der Waals surface area contributed by atoms with Crippen LogP contribution in [-0.4, -0.2) is 106 Å². The van der Waals surface area contributed by atoms with Gasteiger partial charge in [-0.2, -0.15) is 0 Å². The van der Waals surface area contributed by atoms with E-state index in [1.165, 1.54) is 0 Å². The Morgan fingerprint density at radius 3 is 1.31 bits per heavy atom. The highest BCUT2D eigenvalue weighted by molar-refractivity contribution is 5.85. The van der Waals surface area contributed by atoms with E-state index in [2.05, 4.69) is 10.6 Å². The van der Waals surface area contributed by atoms with Crippen LogP contribution in [0.1, 0.15) is 73.6 Å². The first-order valence-corrected chi connectivity index (χ1v) is 12.8. The van der Waals surface area contributed by atoms with Crippen molar-refractivity contribution < 1.29 is 48.5 Å². The smallest absolute Gasteiger partial charge is 0.407 e. The van der Waals surface area contributed by atoms with E-state index in [-0.39, 0.29) is 38.3 Å². The predicted octanol–water partition coefficient (Wildman–Crippen LogP) is 1.81. The van der Waals surface area contributed by atoms with Gasteiger partial charge in [0.25, 0.3) is 0 Å². The van der Waals surface area contributed by atoms with Crippen LogP contribution in [0.5, 0.6) is 0 Å². The zero-order valence-electron chi connectivity index (χ0n) is 23.8. The summed E-state index contributed by atoms with van der Waals surface area (Å²) in [5, 5.41) is 23.0. The largest absolute Gasteiger partial charge is 0.480 e. The Bertz CT molecular complexity index is 797. The Morgan fingerprint density at radius 1 is 0.615 bits per heavy atom. The summed E-state index contributed by atoms with van der Waals surface area (Å²) in [7, 11) is 0. The average Bonchev–Trinajstić information content (AvgIpc) is 2.74. The number of ether oxygens (including phenoxy) is 2. The number of carbonyl (C=O) groups is 6. The number of nitrogens with one attached hydrogen (secondary N) is 2. The zero-order valence-corrected chi connectivity index (χ0v) is 23.8. The van der Waals surface area contributed by atoms with Gasteiger partial charge in [0.1, 0.15) is 24.3 Å². The third-order valence-electron chi connectivity index (χ3n) is 4.68. The summed E-state index contributed by atoms with van der Waals surface area (Å²) in [6.07, 6.45) is -0.432. The van der Waals surface area contributed by atoms with Crippen LogP contribution in [0.2, 0.25) is 0 Å². The molecule has 4 amide bonds. The van der Waals surface area contributed by atoms with Gasteiger partial charge in [0.2, 0.25) is 11.8 Å². The summed E-state index contributed by atoms with van der Waals surface area (Å²) < 4.78 is 10.4. The number of alkyl carbamates (subject to hydrolysis) is 2. The molecule has 39 heavy (non-hydrogen) atoms. The van der Waals surface area contributed by atoms with Gasteiger partial charge in [-0.3, -0.25) is 19.2 Å². The Morgan fingerprint density at radius 2 is 0.974 bits per heavy atom. The van der Waals surface area contributed by atoms with Gasteiger partial charge >= 0.3 is 24.1 Å². The van der Waals surface area contributed by atoms with Crippen molar-refractivity contribution >= 4 is 35.9 Å². The first kappa shape index (κ1) is 35.4. The minimum Gasteiger partial charge on any atom is -0.480 e. The van der Waals surface area contributed by atoms with Crippen LogP contribution in [-0.2, 0) is 28.7 Å². The van der Waals surface area contributed by atoms with Gasteiger partial charge in [0.05, 0.1) is 0 Å². The maximum atomic E-state index is 12.9. The summed E-state index contributed by atoms with van der Waals surface area (Å²) in [6.45, 7) is 10.0. The fraction of sp³-hybridized carbons (Fsp3) is 0.760. The Balaban J connectivity index is 4.90. The lowest BCUT2D eigenvalue weighted by molar-refractivity contribution is -0.149. The van der Waals surface area contributed by atoms with Gasteiger partial charge in [0, 0.05) is 39.0 Å². The van der Waals surface area contributed by atoms with E-state index in [1.807, 2.05) is 0 Å². The number of hydrogen-bond acceptors (Lipinski definition) is 8. The summed E-state index contributed by atoms with van der Waals surface area (Å²) in [5.74, 6) is -3.64. The number of hydrogen-bond donors (Lipinski definition) is 4. The third kappa shape index (κ3) is 20.1. The molecule has 0 saturated carbocycles. The molecular weight excluding hydrogens is 516 g/mol. The Labute approximate surface area is 229 Å². The fourth-order valence-electron chi connectivity index (χ4n) is 3.18. The van der Waals surface area contributed by atoms with Crippen molar-refractivity contribution in [1.29, 1.82) is 0 Å². The van der Waals surface area contributed by atoms with Gasteiger partial charge in [-0.25, -0.2) is 9.59 Å². The summed E-state index contributed by atoms with van der Waals surface area (Å²) in [5.41, 5.74) is -1.29. The molecule has 0 aromatic heterocycles. The average molecular weight is 561 g/mol. The molecule has 0 fully saturated rings. The Hall–Kier alpha value is -3.58. The van der Waals surface area contributed by atoms with Crippen molar-refractivity contribution in [2.24, 2.45) is 0 Å². The normalized spacial score (nSPS) is 11.2. The molecule has 0 radical (unpaired) electrons. The first-order chi connectivity index (χ1) is 17.9. The summed E-state index contributed by atoms with van der Waals surface area (Å²) in [4.78, 5) is 72.9. The highest BCUT2D eigenvalue weighted by atomic mass is 16.6. The monoisotopic (exact) mass is 560 g/mol. The highest BCUT2D eigenvalue weighted by Crippen LogP contribution is 2.09. The van der Waals surface area contributed by atoms with Gasteiger partial charge in [0.15, 0.2) is 0 Å². The Kier molecular flexibility index (Phi) is 15.5. The number of carboxylic acid groups (broad SMARTS) is 2. The molecule has 0 aliphatic rings. The van der Waals surface area contributed by atoms with Crippen molar-refractivity contribution in [1.82, 2.24) is 20.4 Å². The first-order valence-electron chi connectivity index (χ1n) is 12.8. The second-order valence-corrected chi connectivity index (χ2v) is 10.8. The van der Waals surface area contributed by atoms with E-state index >= 15 is 0 Å². The highest BCUT2D eigenvalue weighted by Gasteiger charge is 2.21. The number of carboxylic acids is 2. The molecule has 0 unspecified atom stereocenters. The van der Waals surface area contributed by atoms with Crippen molar-refractivity contribution in [3.8, 4) is 0 Å². The lowest BCUT2D eigenvalue weighted by atomic mass is 10.2. The van der Waals surface area contributed by atoms with Crippen molar-refractivity contribution in [2.75, 3.05) is 39.3 Å². The van der Waals surface area contributed by atoms with Crippen LogP contribution in [0.4, 0.5) is 9.59 Å². The van der Waals surface area contributed by atoms with Crippen LogP contribution in [0.15, 0.2) is 0 Å². The minimum absolute atomic E-state index is 0.0291. The molecule has 0 rings (SSSR count). The molecule has 224 valence electrons. The van der Waals surface area contributed by atoms with Gasteiger partial charge < -0.3 is 40.1 Å². The molecular formula is C25H44N4O10. The fourth-order valence-corrected chi connectivity index (χ4v) is 3.18. The number of nitrogens with zero attached hydrogens (tertiary/aromatic N) is 2. The van der Waals surface area contributed by atoms with E-state index in [0.717, 1.165) is 0 Å². The molecule has 0 aliphatic carbocycles. The molecule has 0 atom stereocenters. The van der Waals surface area contributed by atoms with Crippen LogP contribution in [0, 0.1) is 0 Å². The second kappa shape index (κ2) is 17.1. The van der Waals surface area contributed by atoms with Crippen molar-refractivity contribution in [2.45, 2.75) is 84.8 Å². The van der Waals surface area contributed by atoms with E-state index in [1.54, 1.807) is 46.4 Å². The summed E-state index contributed by atoms with van der Waals surface area (Å²) >= 11 is 0. The standard InChI is InChI=1S/C25H44N4O10/c1-24(2,3)38-22(36)26-12-8-14-28(15-9-13-27-23(37)39-25(4,5)6)18(30)10-7-11-19(31)29(16-20(32)33)17-21(34)35/h7-17H2,1-6H3,(H,26,36)(H,27,37)(H,32,33)(H,34,35). The number of amides is 4. The minimum atomic E-state index is -1.34. The lowest BCUT2D eigenvalue weighted by Gasteiger charge is -2.24. The molecule has 0 aliphatic heterocycles. The molecule has 0 aromatic carbocycles. The summed E-state index contributed by atoms with van der Waals surface area (Å²) in [6, 6.07) is 0. The molecule has 4 N–H and O–H groups in total. The van der Waals surface area contributed by atoms with Crippen LogP contribution < -0.4 is 10.6 Å². The molecule has 0 bridgehead atoms. The molecule has 0 heterocycles. The van der Waals surface area contributed by atoms with Gasteiger partial charge in [-0.05, 0) is 60.8 Å². The van der Waals surface area contributed by atoms with E-state index in [4.69, 9.17) is 19.7 Å². The maximum Gasteiger partial charge on any atom is 0.407 e. The zero-order chi connectivity index (χ0) is 30.2. The number of aliphatic carboxylic acids is 2. The van der Waals surface area contributed by atoms with Crippen molar-refractivity contribution in [3.05, 3.63) is 0 Å². The lowest BCUT2D eigenvalue weighted by Crippen LogP contribution is -2.40. The third-order valence-corrected chi connectivity index (χ3v) is 4.68. The molecule has 14 heteroatoms. The molecule has 0 spiro atoms. The quantitative estimate of drug-likeness (QED) is 0.202. The molecule has 14 nitrogen and oxygen atoms in total. The van der Waals surface area contributed by atoms with Crippen molar-refractivity contribution in [3.63, 3.8) is 0 Å². The number of carbonyl (C=O) groups excluding carboxylic acids is 4. The second-order valence-electron chi connectivity index (χ2n) is 10.8. The van der Waals surface area contributed by atoms with Gasteiger partial charge in [-0.15, -0.1) is 0 Å². The van der Waals surface area contributed by atoms with Crippen LogP contribution in [0.25, 0.3) is 0 Å². The van der Waals surface area contributed by atoms with Gasteiger partial charge in [-0.1, -0.05) is 0 Å². The maximum absolute atomic E-state index is 12.9. The molecule has 0 aromatic rings. The molecule has 0 saturated heterocycles. The van der Waals surface area contributed by atoms with E-state index < -0.39 is 54.3 Å².